The summed E-state index contributed by atoms with van der Waals surface area (Å²) in [6, 6.07) is 7.95. The van der Waals surface area contributed by atoms with Gasteiger partial charge in [0.2, 0.25) is 0 Å². The molecule has 0 spiro atoms. The summed E-state index contributed by atoms with van der Waals surface area (Å²) in [5.41, 5.74) is 5.15. The Morgan fingerprint density at radius 2 is 1.76 bits per heavy atom. The van der Waals surface area contributed by atoms with Crippen molar-refractivity contribution < 1.29 is 17.6 Å². The lowest BCUT2D eigenvalue weighted by molar-refractivity contribution is -0.138. The van der Waals surface area contributed by atoms with Gasteiger partial charge in [0.1, 0.15) is 5.82 Å². The van der Waals surface area contributed by atoms with Crippen LogP contribution in [0.2, 0.25) is 5.02 Å². The molecule has 0 aliphatic carbocycles. The van der Waals surface area contributed by atoms with Gasteiger partial charge in [0.05, 0.1) is 5.56 Å². The van der Waals surface area contributed by atoms with Crippen molar-refractivity contribution in [1.82, 2.24) is 0 Å². The maximum atomic E-state index is 13.6. The molecular weight excluding hydrogens is 306 g/mol. The Hall–Kier alpha value is -1.59. The Morgan fingerprint density at radius 3 is 2.43 bits per heavy atom. The average molecular weight is 318 g/mol. The molecule has 21 heavy (non-hydrogen) atoms. The van der Waals surface area contributed by atoms with Crippen molar-refractivity contribution in [1.29, 1.82) is 0 Å². The minimum Gasteiger partial charge on any atom is -0.324 e. The molecule has 1 atom stereocenters. The lowest BCUT2D eigenvalue weighted by Gasteiger charge is -2.18. The van der Waals surface area contributed by atoms with Crippen LogP contribution in [0.4, 0.5) is 17.6 Å². The van der Waals surface area contributed by atoms with E-state index in [1.54, 1.807) is 0 Å². The summed E-state index contributed by atoms with van der Waals surface area (Å²) in [4.78, 5) is 0. The Labute approximate surface area is 124 Å². The van der Waals surface area contributed by atoms with E-state index in [1.165, 1.54) is 36.4 Å². The molecule has 2 aromatic rings. The van der Waals surface area contributed by atoms with Gasteiger partial charge in [-0.1, -0.05) is 29.8 Å². The number of rotatable bonds is 3. The zero-order chi connectivity index (χ0) is 15.6. The molecule has 0 aromatic heterocycles. The summed E-state index contributed by atoms with van der Waals surface area (Å²) in [6.07, 6.45) is -4.57. The van der Waals surface area contributed by atoms with E-state index in [9.17, 15) is 17.6 Å². The zero-order valence-electron chi connectivity index (χ0n) is 10.8. The standard InChI is InChI=1S/C15H12ClF4N/c16-10-5-6-13(17)9(7-10)8-14(21)11-3-1-2-4-12(11)15(18,19)20/h1-7,14H,8,21H2. The summed E-state index contributed by atoms with van der Waals surface area (Å²) in [5.74, 6) is -0.542. The number of nitrogens with two attached hydrogens (primary N) is 1. The van der Waals surface area contributed by atoms with Gasteiger partial charge in [-0.15, -0.1) is 0 Å². The van der Waals surface area contributed by atoms with Crippen molar-refractivity contribution in [3.8, 4) is 0 Å². The normalized spacial score (nSPS) is 13.2. The van der Waals surface area contributed by atoms with E-state index in [0.717, 1.165) is 6.07 Å². The van der Waals surface area contributed by atoms with Crippen LogP contribution in [-0.4, -0.2) is 0 Å². The van der Waals surface area contributed by atoms with Crippen LogP contribution in [0.15, 0.2) is 42.5 Å². The van der Waals surface area contributed by atoms with E-state index in [2.05, 4.69) is 0 Å². The van der Waals surface area contributed by atoms with E-state index < -0.39 is 23.6 Å². The van der Waals surface area contributed by atoms with Gasteiger partial charge in [0.25, 0.3) is 0 Å². The third-order valence-corrected chi connectivity index (χ3v) is 3.35. The Morgan fingerprint density at radius 1 is 1.10 bits per heavy atom. The minimum atomic E-state index is -4.50. The molecule has 6 heteroatoms. The fraction of sp³-hybridized carbons (Fsp3) is 0.200. The van der Waals surface area contributed by atoms with Gasteiger partial charge in [-0.2, -0.15) is 13.2 Å². The van der Waals surface area contributed by atoms with E-state index in [4.69, 9.17) is 17.3 Å². The molecule has 0 saturated heterocycles. The lowest BCUT2D eigenvalue weighted by atomic mass is 9.95. The van der Waals surface area contributed by atoms with Crippen molar-refractivity contribution >= 4 is 11.6 Å². The first-order valence-corrected chi connectivity index (χ1v) is 6.52. The SMILES string of the molecule is NC(Cc1cc(Cl)ccc1F)c1ccccc1C(F)(F)F. The molecule has 0 saturated carbocycles. The lowest BCUT2D eigenvalue weighted by Crippen LogP contribution is -2.19. The Balaban J connectivity index is 2.33. The van der Waals surface area contributed by atoms with Gasteiger partial charge < -0.3 is 5.73 Å². The number of alkyl halides is 3. The molecule has 2 aromatic carbocycles. The highest BCUT2D eigenvalue weighted by atomic mass is 35.5. The van der Waals surface area contributed by atoms with Gasteiger partial charge >= 0.3 is 6.18 Å². The highest BCUT2D eigenvalue weighted by Crippen LogP contribution is 2.35. The number of benzene rings is 2. The van der Waals surface area contributed by atoms with E-state index in [0.29, 0.717) is 5.02 Å². The summed E-state index contributed by atoms with van der Waals surface area (Å²) in [5, 5.41) is 0.308. The second kappa shape index (κ2) is 6.03. The molecule has 0 aliphatic heterocycles. The number of hydrogen-bond donors (Lipinski definition) is 1. The molecular formula is C15H12ClF4N. The van der Waals surface area contributed by atoms with E-state index >= 15 is 0 Å². The van der Waals surface area contributed by atoms with Crippen LogP contribution in [0.25, 0.3) is 0 Å². The highest BCUT2D eigenvalue weighted by molar-refractivity contribution is 6.30. The predicted molar refractivity (Wildman–Crippen MR) is 73.5 cm³/mol. The van der Waals surface area contributed by atoms with Gasteiger partial charge in [-0.05, 0) is 41.8 Å². The second-order valence-corrected chi connectivity index (χ2v) is 5.07. The summed E-state index contributed by atoms with van der Waals surface area (Å²) in [7, 11) is 0. The Kier molecular flexibility index (Phi) is 4.54. The largest absolute Gasteiger partial charge is 0.416 e. The molecule has 0 radical (unpaired) electrons. The van der Waals surface area contributed by atoms with Gasteiger partial charge in [0, 0.05) is 11.1 Å². The smallest absolute Gasteiger partial charge is 0.324 e. The van der Waals surface area contributed by atoms with E-state index in [1.807, 2.05) is 0 Å². The first-order valence-electron chi connectivity index (χ1n) is 6.14. The molecule has 0 bridgehead atoms. The van der Waals surface area contributed by atoms with Gasteiger partial charge in [-0.3, -0.25) is 0 Å². The molecule has 112 valence electrons. The fourth-order valence-corrected chi connectivity index (χ4v) is 2.32. The van der Waals surface area contributed by atoms with Crippen molar-refractivity contribution in [2.45, 2.75) is 18.6 Å². The highest BCUT2D eigenvalue weighted by Gasteiger charge is 2.34. The van der Waals surface area contributed by atoms with Crippen LogP contribution in [0.3, 0.4) is 0 Å². The number of halogens is 5. The van der Waals surface area contributed by atoms with Crippen LogP contribution >= 0.6 is 11.6 Å². The van der Waals surface area contributed by atoms with Crippen LogP contribution < -0.4 is 5.73 Å². The first kappa shape index (κ1) is 15.8. The monoisotopic (exact) mass is 317 g/mol. The second-order valence-electron chi connectivity index (χ2n) is 4.63. The molecule has 2 N–H and O–H groups in total. The van der Waals surface area contributed by atoms with Crippen LogP contribution in [0.5, 0.6) is 0 Å². The third-order valence-electron chi connectivity index (χ3n) is 3.11. The molecule has 1 unspecified atom stereocenters. The Bertz CT molecular complexity index is 640. The molecule has 1 nitrogen and oxygen atoms in total. The van der Waals surface area contributed by atoms with Crippen molar-refractivity contribution in [2.24, 2.45) is 5.73 Å². The quantitative estimate of drug-likeness (QED) is 0.813. The maximum absolute atomic E-state index is 13.6. The molecule has 2 rings (SSSR count). The third kappa shape index (κ3) is 3.74. The summed E-state index contributed by atoms with van der Waals surface area (Å²) >= 11 is 5.76. The average Bonchev–Trinajstić information content (AvgIpc) is 2.42. The summed E-state index contributed by atoms with van der Waals surface area (Å²) < 4.78 is 52.5. The topological polar surface area (TPSA) is 26.0 Å². The maximum Gasteiger partial charge on any atom is 0.416 e. The van der Waals surface area contributed by atoms with Crippen LogP contribution in [-0.2, 0) is 12.6 Å². The first-order chi connectivity index (χ1) is 9.79. The van der Waals surface area contributed by atoms with E-state index in [-0.39, 0.29) is 17.5 Å². The minimum absolute atomic E-state index is 0.0654. The predicted octanol–water partition coefficient (Wildman–Crippen LogP) is 4.74. The molecule has 0 amide bonds. The van der Waals surface area contributed by atoms with Gasteiger partial charge in [-0.25, -0.2) is 4.39 Å². The van der Waals surface area contributed by atoms with Gasteiger partial charge in [0.15, 0.2) is 0 Å². The summed E-state index contributed by atoms with van der Waals surface area (Å²) in [6.45, 7) is 0. The van der Waals surface area contributed by atoms with Crippen LogP contribution in [0, 0.1) is 5.82 Å². The molecule has 0 heterocycles. The van der Waals surface area contributed by atoms with Crippen molar-refractivity contribution in [3.63, 3.8) is 0 Å². The molecule has 0 fully saturated rings. The zero-order valence-corrected chi connectivity index (χ0v) is 11.5. The van der Waals surface area contributed by atoms with Crippen LogP contribution in [0.1, 0.15) is 22.7 Å². The molecule has 0 aliphatic rings. The van der Waals surface area contributed by atoms with Crippen molar-refractivity contribution in [2.75, 3.05) is 0 Å². The van der Waals surface area contributed by atoms with Crippen molar-refractivity contribution in [3.05, 3.63) is 70.0 Å². The fourth-order valence-electron chi connectivity index (χ4n) is 2.13. The number of hydrogen-bond acceptors (Lipinski definition) is 1.